The molecule has 1 unspecified atom stereocenters. The van der Waals surface area contributed by atoms with Gasteiger partial charge in [-0.05, 0) is 61.0 Å². The summed E-state index contributed by atoms with van der Waals surface area (Å²) in [4.78, 5) is 33.3. The molecule has 0 radical (unpaired) electrons. The number of aliphatic hydroxyl groups is 1. The number of nitrogens with zero attached hydrogens (tertiary/aromatic N) is 2. The van der Waals surface area contributed by atoms with Crippen molar-refractivity contribution in [2.24, 2.45) is 0 Å². The summed E-state index contributed by atoms with van der Waals surface area (Å²) in [6, 6.07) is 14.2. The van der Waals surface area contributed by atoms with Gasteiger partial charge in [-0.3, -0.25) is 14.5 Å². The maximum absolute atomic E-state index is 13.7. The summed E-state index contributed by atoms with van der Waals surface area (Å²) in [5, 5.41) is 12.4. The molecule has 2 aliphatic heterocycles. The Bertz CT molecular complexity index is 1770. The Labute approximate surface area is 250 Å². The van der Waals surface area contributed by atoms with E-state index in [0.29, 0.717) is 64.5 Å². The lowest BCUT2D eigenvalue weighted by Gasteiger charge is -2.24. The van der Waals surface area contributed by atoms with E-state index in [1.54, 1.807) is 60.7 Å². The third-order valence-electron chi connectivity index (χ3n) is 6.75. The number of hydrogen-bond acceptors (Lipinski definition) is 9. The molecule has 3 aromatic carbocycles. The number of thiazole rings is 1. The van der Waals surface area contributed by atoms with E-state index in [9.17, 15) is 14.7 Å². The van der Waals surface area contributed by atoms with Crippen LogP contribution in [0.3, 0.4) is 0 Å². The molecule has 1 N–H and O–H groups in total. The van der Waals surface area contributed by atoms with Gasteiger partial charge in [0.15, 0.2) is 28.1 Å². The number of anilines is 1. The first kappa shape index (κ1) is 27.6. The van der Waals surface area contributed by atoms with Gasteiger partial charge in [-0.1, -0.05) is 41.7 Å². The fraction of sp³-hybridized carbons (Fsp3) is 0.194. The molecule has 0 spiro atoms. The van der Waals surface area contributed by atoms with Crippen LogP contribution in [0, 0.1) is 0 Å². The van der Waals surface area contributed by atoms with Gasteiger partial charge in [-0.2, -0.15) is 0 Å². The number of rotatable bonds is 8. The molecule has 0 aliphatic carbocycles. The minimum Gasteiger partial charge on any atom is -0.507 e. The Kier molecular flexibility index (Phi) is 7.49. The molecule has 9 nitrogen and oxygen atoms in total. The summed E-state index contributed by atoms with van der Waals surface area (Å²) < 4.78 is 23.6. The molecule has 42 heavy (non-hydrogen) atoms. The first-order valence-electron chi connectivity index (χ1n) is 13.2. The molecule has 214 valence electrons. The highest BCUT2D eigenvalue weighted by Gasteiger charge is 2.48. The number of carbonyl (C=O) groups is 2. The number of fused-ring (bicyclic) bond motifs is 2. The second-order valence-electron chi connectivity index (χ2n) is 9.37. The minimum absolute atomic E-state index is 0.101. The van der Waals surface area contributed by atoms with Crippen LogP contribution in [0.2, 0.25) is 5.02 Å². The molecule has 6 rings (SSSR count). The molecule has 1 atom stereocenters. The van der Waals surface area contributed by atoms with Crippen molar-refractivity contribution >= 4 is 55.7 Å². The summed E-state index contributed by atoms with van der Waals surface area (Å²) in [7, 11) is 0. The van der Waals surface area contributed by atoms with Crippen LogP contribution in [0.5, 0.6) is 23.0 Å². The monoisotopic (exact) mass is 604 g/mol. The SMILES string of the molecule is C=CCOc1ccc(C2C(=C(O)c3ccc4c(c3)OCCO4)C(=O)C(=O)N2c2nc3ccc(Cl)cc3s2)cc1OCC. The quantitative estimate of drug-likeness (QED) is 0.108. The molecule has 1 fully saturated rings. The average molecular weight is 605 g/mol. The zero-order chi connectivity index (χ0) is 29.4. The van der Waals surface area contributed by atoms with Crippen molar-refractivity contribution in [3.63, 3.8) is 0 Å². The van der Waals surface area contributed by atoms with Crippen molar-refractivity contribution in [1.82, 2.24) is 4.98 Å². The van der Waals surface area contributed by atoms with Crippen LogP contribution >= 0.6 is 22.9 Å². The third kappa shape index (κ3) is 4.93. The lowest BCUT2D eigenvalue weighted by molar-refractivity contribution is -0.132. The summed E-state index contributed by atoms with van der Waals surface area (Å²) in [6.45, 7) is 6.90. The number of Topliss-reactive ketones (excluding diaryl/α,β-unsaturated/α-hetero) is 1. The first-order valence-corrected chi connectivity index (χ1v) is 14.4. The predicted molar refractivity (Wildman–Crippen MR) is 160 cm³/mol. The Balaban J connectivity index is 1.54. The summed E-state index contributed by atoms with van der Waals surface area (Å²) in [5.74, 6) is -0.187. The van der Waals surface area contributed by atoms with Crippen LogP contribution in [-0.2, 0) is 9.59 Å². The molecular formula is C31H25ClN2O7S. The third-order valence-corrected chi connectivity index (χ3v) is 8.00. The van der Waals surface area contributed by atoms with E-state index in [1.807, 2.05) is 6.92 Å². The van der Waals surface area contributed by atoms with Gasteiger partial charge in [-0.25, -0.2) is 4.98 Å². The van der Waals surface area contributed by atoms with E-state index in [4.69, 9.17) is 30.5 Å². The van der Waals surface area contributed by atoms with Gasteiger partial charge < -0.3 is 24.1 Å². The molecule has 0 bridgehead atoms. The molecule has 1 amide bonds. The van der Waals surface area contributed by atoms with Crippen molar-refractivity contribution in [2.75, 3.05) is 31.3 Å². The number of ether oxygens (including phenoxy) is 4. The van der Waals surface area contributed by atoms with Crippen LogP contribution in [0.25, 0.3) is 16.0 Å². The average Bonchev–Trinajstić information content (AvgIpc) is 3.53. The van der Waals surface area contributed by atoms with Crippen LogP contribution in [0.4, 0.5) is 5.13 Å². The fourth-order valence-corrected chi connectivity index (χ4v) is 6.18. The number of hydrogen-bond donors (Lipinski definition) is 1. The first-order chi connectivity index (χ1) is 20.4. The van der Waals surface area contributed by atoms with E-state index >= 15 is 0 Å². The lowest BCUT2D eigenvalue weighted by Crippen LogP contribution is -2.29. The number of amides is 1. The van der Waals surface area contributed by atoms with Gasteiger partial charge >= 0.3 is 5.91 Å². The van der Waals surface area contributed by atoms with E-state index < -0.39 is 17.7 Å². The highest BCUT2D eigenvalue weighted by molar-refractivity contribution is 7.22. The molecular weight excluding hydrogens is 580 g/mol. The molecule has 11 heteroatoms. The second kappa shape index (κ2) is 11.4. The van der Waals surface area contributed by atoms with Crippen LogP contribution in [0.15, 0.2) is 72.8 Å². The zero-order valence-electron chi connectivity index (χ0n) is 22.5. The fourth-order valence-electron chi connectivity index (χ4n) is 4.91. The number of aromatic nitrogens is 1. The van der Waals surface area contributed by atoms with Gasteiger partial charge in [0, 0.05) is 10.6 Å². The van der Waals surface area contributed by atoms with E-state index in [1.165, 1.54) is 16.2 Å². The molecule has 4 aromatic rings. The Morgan fingerprint density at radius 2 is 1.90 bits per heavy atom. The maximum Gasteiger partial charge on any atom is 0.301 e. The maximum atomic E-state index is 13.7. The van der Waals surface area contributed by atoms with E-state index in [0.717, 1.165) is 4.70 Å². The van der Waals surface area contributed by atoms with Crippen LogP contribution in [0.1, 0.15) is 24.1 Å². The standard InChI is InChI=1S/C31H25ClN2O7S/c1-3-11-39-21-9-5-17(14-23(21)38-4-2)27-26(28(35)18-6-10-22-24(15-18)41-13-12-40-22)29(36)30(37)34(27)31-33-20-8-7-19(32)16-25(20)42-31/h3,5-10,14-16,27,35H,1,4,11-13H2,2H3. The van der Waals surface area contributed by atoms with Crippen molar-refractivity contribution in [1.29, 1.82) is 0 Å². The topological polar surface area (TPSA) is 107 Å². The molecule has 3 heterocycles. The Morgan fingerprint density at radius 3 is 2.69 bits per heavy atom. The summed E-state index contributed by atoms with van der Waals surface area (Å²) in [5.41, 5.74) is 1.33. The van der Waals surface area contributed by atoms with Crippen molar-refractivity contribution in [3.05, 3.63) is 89.0 Å². The number of benzene rings is 3. The van der Waals surface area contributed by atoms with Gasteiger partial charge in [0.25, 0.3) is 5.78 Å². The summed E-state index contributed by atoms with van der Waals surface area (Å²) >= 11 is 7.42. The molecule has 1 aromatic heterocycles. The van der Waals surface area contributed by atoms with E-state index in [-0.39, 0.29) is 23.1 Å². The zero-order valence-corrected chi connectivity index (χ0v) is 24.0. The van der Waals surface area contributed by atoms with Crippen molar-refractivity contribution in [2.45, 2.75) is 13.0 Å². The minimum atomic E-state index is -1.03. The second-order valence-corrected chi connectivity index (χ2v) is 10.8. The summed E-state index contributed by atoms with van der Waals surface area (Å²) in [6.07, 6.45) is 1.62. The lowest BCUT2D eigenvalue weighted by atomic mass is 9.95. The van der Waals surface area contributed by atoms with E-state index in [2.05, 4.69) is 11.6 Å². The van der Waals surface area contributed by atoms with Crippen LogP contribution < -0.4 is 23.8 Å². The molecule has 2 aliphatic rings. The van der Waals surface area contributed by atoms with Crippen LogP contribution in [-0.4, -0.2) is 48.2 Å². The number of carbonyl (C=O) groups excluding carboxylic acids is 2. The van der Waals surface area contributed by atoms with Crippen molar-refractivity contribution < 1.29 is 33.6 Å². The number of ketones is 1. The number of halogens is 1. The number of aliphatic hydroxyl groups excluding tert-OH is 1. The van der Waals surface area contributed by atoms with Gasteiger partial charge in [-0.15, -0.1) is 0 Å². The largest absolute Gasteiger partial charge is 0.507 e. The Hall–Kier alpha value is -4.54. The highest BCUT2D eigenvalue weighted by atomic mass is 35.5. The molecule has 1 saturated heterocycles. The molecule has 0 saturated carbocycles. The smallest absolute Gasteiger partial charge is 0.301 e. The van der Waals surface area contributed by atoms with Crippen molar-refractivity contribution in [3.8, 4) is 23.0 Å². The normalized spacial score (nSPS) is 17.5. The Morgan fingerprint density at radius 1 is 1.10 bits per heavy atom. The van der Waals surface area contributed by atoms with Gasteiger partial charge in [0.05, 0.1) is 28.4 Å². The highest BCUT2D eigenvalue weighted by Crippen LogP contribution is 2.46. The predicted octanol–water partition coefficient (Wildman–Crippen LogP) is 6.31. The van der Waals surface area contributed by atoms with Gasteiger partial charge in [0.2, 0.25) is 0 Å². The van der Waals surface area contributed by atoms with Gasteiger partial charge in [0.1, 0.15) is 25.6 Å².